The summed E-state index contributed by atoms with van der Waals surface area (Å²) in [7, 11) is 2.71. The summed E-state index contributed by atoms with van der Waals surface area (Å²) in [6.45, 7) is 0. The van der Waals surface area contributed by atoms with E-state index in [0.29, 0.717) is 24.5 Å². The summed E-state index contributed by atoms with van der Waals surface area (Å²) >= 11 is 17.6. The fraction of sp³-hybridized carbons (Fsp3) is 0.111. The normalized spacial score (nSPS) is 10.5. The molecular formula is C18H11BrCl2N2O4S2. The lowest BCUT2D eigenvalue weighted by atomic mass is 10.3. The number of hydrogen-bond acceptors (Lipinski definition) is 8. The summed E-state index contributed by atoms with van der Waals surface area (Å²) in [5, 5.41) is 2.60. The van der Waals surface area contributed by atoms with Crippen molar-refractivity contribution in [3.63, 3.8) is 0 Å². The number of carbonyl (C=O) groups is 2. The van der Waals surface area contributed by atoms with Gasteiger partial charge < -0.3 is 9.47 Å². The van der Waals surface area contributed by atoms with Crippen LogP contribution in [0.3, 0.4) is 0 Å². The average molecular weight is 534 g/mol. The molecule has 0 radical (unpaired) electrons. The number of methoxy groups -OCH3 is 2. The predicted octanol–water partition coefficient (Wildman–Crippen LogP) is 6.24. The summed E-state index contributed by atoms with van der Waals surface area (Å²) in [6.07, 6.45) is 3.29. The van der Waals surface area contributed by atoms with Crippen LogP contribution in [0.1, 0.15) is 19.3 Å². The molecule has 6 nitrogen and oxygen atoms in total. The van der Waals surface area contributed by atoms with Crippen molar-refractivity contribution in [2.45, 2.75) is 0 Å². The molecule has 0 saturated heterocycles. The first kappa shape index (κ1) is 21.9. The molecule has 4 heterocycles. The highest BCUT2D eigenvalue weighted by molar-refractivity contribution is 9.10. The molecular weight excluding hydrogens is 523 g/mol. The van der Waals surface area contributed by atoms with Crippen LogP contribution in [0.2, 0.25) is 10.3 Å². The van der Waals surface area contributed by atoms with Gasteiger partial charge in [-0.05, 0) is 39.5 Å². The highest BCUT2D eigenvalue weighted by Crippen LogP contribution is 2.34. The third-order valence-electron chi connectivity index (χ3n) is 3.62. The quantitative estimate of drug-likeness (QED) is 0.224. The van der Waals surface area contributed by atoms with Crippen molar-refractivity contribution in [2.75, 3.05) is 14.2 Å². The highest BCUT2D eigenvalue weighted by Gasteiger charge is 2.14. The fourth-order valence-corrected chi connectivity index (χ4v) is 5.04. The summed E-state index contributed by atoms with van der Waals surface area (Å²) in [4.78, 5) is 31.5. The summed E-state index contributed by atoms with van der Waals surface area (Å²) in [6, 6.07) is 5.21. The van der Waals surface area contributed by atoms with Gasteiger partial charge in [0, 0.05) is 17.8 Å². The van der Waals surface area contributed by atoms with E-state index in [1.54, 1.807) is 30.6 Å². The SMILES string of the molecule is COC(=O)c1cc2c(Br)c(Cl)ncc2s1.COC(=O)c1cc2cc(Cl)ncc2s1. The molecule has 4 rings (SSSR count). The standard InChI is InChI=1S/C9H5BrClNO2S.C9H6ClNO2S/c1-14-9(13)5-2-4-6(15-5)3-12-8(11)7(4)10;1-13-9(12)6-2-5-3-8(10)11-4-7(5)14-6/h2-3H,1H3;2-4H,1H3. The molecule has 0 aliphatic carbocycles. The van der Waals surface area contributed by atoms with E-state index in [2.05, 4.69) is 35.4 Å². The predicted molar refractivity (Wildman–Crippen MR) is 120 cm³/mol. The number of nitrogens with zero attached hydrogens (tertiary/aromatic N) is 2. The number of esters is 2. The molecule has 0 aliphatic rings. The Kier molecular flexibility index (Phi) is 7.07. The second kappa shape index (κ2) is 9.36. The number of ether oxygens (including phenoxy) is 2. The van der Waals surface area contributed by atoms with Gasteiger partial charge in [-0.2, -0.15) is 0 Å². The summed E-state index contributed by atoms with van der Waals surface area (Å²) < 4.78 is 11.8. The zero-order chi connectivity index (χ0) is 21.1. The van der Waals surface area contributed by atoms with E-state index in [4.69, 9.17) is 23.2 Å². The molecule has 0 unspecified atom stereocenters. The van der Waals surface area contributed by atoms with Gasteiger partial charge in [0.25, 0.3) is 0 Å². The van der Waals surface area contributed by atoms with E-state index in [1.807, 2.05) is 0 Å². The van der Waals surface area contributed by atoms with E-state index < -0.39 is 0 Å². The van der Waals surface area contributed by atoms with Gasteiger partial charge in [0.05, 0.1) is 28.1 Å². The van der Waals surface area contributed by atoms with Crippen LogP contribution in [-0.4, -0.2) is 36.1 Å². The van der Waals surface area contributed by atoms with Crippen molar-refractivity contribution in [2.24, 2.45) is 0 Å². The number of halogens is 3. The van der Waals surface area contributed by atoms with Gasteiger partial charge in [0.15, 0.2) is 0 Å². The number of pyridine rings is 2. The number of rotatable bonds is 2. The minimum atomic E-state index is -0.348. The lowest BCUT2D eigenvalue weighted by Crippen LogP contribution is -1.96. The summed E-state index contributed by atoms with van der Waals surface area (Å²) in [5.41, 5.74) is 0. The molecule has 29 heavy (non-hydrogen) atoms. The van der Waals surface area contributed by atoms with Crippen LogP contribution in [0.15, 0.2) is 35.1 Å². The lowest BCUT2D eigenvalue weighted by Gasteiger charge is -1.94. The Labute approximate surface area is 191 Å². The largest absolute Gasteiger partial charge is 0.465 e. The first-order valence-electron chi connectivity index (χ1n) is 7.79. The number of fused-ring (bicyclic) bond motifs is 2. The Morgan fingerprint density at radius 1 is 0.931 bits per heavy atom. The van der Waals surface area contributed by atoms with Gasteiger partial charge in [-0.3, -0.25) is 0 Å². The molecule has 11 heteroatoms. The number of thiophene rings is 2. The zero-order valence-corrected chi connectivity index (χ0v) is 19.6. The van der Waals surface area contributed by atoms with Crippen molar-refractivity contribution in [3.05, 3.63) is 55.1 Å². The number of aromatic nitrogens is 2. The third-order valence-corrected chi connectivity index (χ3v) is 7.26. The second-order valence-corrected chi connectivity index (χ2v) is 9.10. The van der Waals surface area contributed by atoms with E-state index >= 15 is 0 Å². The van der Waals surface area contributed by atoms with Crippen molar-refractivity contribution in [1.29, 1.82) is 0 Å². The minimum Gasteiger partial charge on any atom is -0.465 e. The topological polar surface area (TPSA) is 78.4 Å². The molecule has 4 aromatic heterocycles. The zero-order valence-electron chi connectivity index (χ0n) is 14.9. The highest BCUT2D eigenvalue weighted by atomic mass is 79.9. The van der Waals surface area contributed by atoms with E-state index in [0.717, 1.165) is 20.2 Å². The van der Waals surface area contributed by atoms with E-state index in [-0.39, 0.29) is 11.9 Å². The van der Waals surface area contributed by atoms with Crippen LogP contribution >= 0.6 is 61.8 Å². The first-order chi connectivity index (χ1) is 13.8. The number of carbonyl (C=O) groups excluding carboxylic acids is 2. The van der Waals surface area contributed by atoms with Crippen LogP contribution < -0.4 is 0 Å². The maximum Gasteiger partial charge on any atom is 0.348 e. The van der Waals surface area contributed by atoms with Crippen LogP contribution in [0.25, 0.3) is 20.2 Å². The molecule has 0 amide bonds. The summed E-state index contributed by atoms with van der Waals surface area (Å²) in [5.74, 6) is -0.679. The molecule has 0 N–H and O–H groups in total. The Morgan fingerprint density at radius 3 is 2.17 bits per heavy atom. The van der Waals surface area contributed by atoms with Crippen LogP contribution in [0.5, 0.6) is 0 Å². The smallest absolute Gasteiger partial charge is 0.348 e. The molecule has 0 bridgehead atoms. The first-order valence-corrected chi connectivity index (χ1v) is 11.0. The lowest BCUT2D eigenvalue weighted by molar-refractivity contribution is 0.0597. The number of hydrogen-bond donors (Lipinski definition) is 0. The molecule has 0 aliphatic heterocycles. The molecule has 0 spiro atoms. The van der Waals surface area contributed by atoms with Gasteiger partial charge in [0.2, 0.25) is 0 Å². The molecule has 0 fully saturated rings. The van der Waals surface area contributed by atoms with Gasteiger partial charge in [0.1, 0.15) is 20.1 Å². The van der Waals surface area contributed by atoms with Crippen LogP contribution in [0, 0.1) is 0 Å². The van der Waals surface area contributed by atoms with Crippen LogP contribution in [-0.2, 0) is 9.47 Å². The molecule has 150 valence electrons. The van der Waals surface area contributed by atoms with Crippen molar-refractivity contribution in [3.8, 4) is 0 Å². The molecule has 0 saturated carbocycles. The molecule has 4 aromatic rings. The Bertz CT molecular complexity index is 1230. The van der Waals surface area contributed by atoms with Crippen LogP contribution in [0.4, 0.5) is 0 Å². The Hall–Kier alpha value is -1.78. The van der Waals surface area contributed by atoms with Gasteiger partial charge in [-0.15, -0.1) is 22.7 Å². The maximum atomic E-state index is 11.3. The van der Waals surface area contributed by atoms with Gasteiger partial charge in [-0.25, -0.2) is 19.6 Å². The van der Waals surface area contributed by atoms with E-state index in [9.17, 15) is 9.59 Å². The minimum absolute atomic E-state index is 0.331. The average Bonchev–Trinajstić information content (AvgIpc) is 3.34. The third kappa shape index (κ3) is 4.87. The van der Waals surface area contributed by atoms with E-state index in [1.165, 1.54) is 36.9 Å². The fourth-order valence-electron chi connectivity index (χ4n) is 2.28. The van der Waals surface area contributed by atoms with Crippen molar-refractivity contribution < 1.29 is 19.1 Å². The Morgan fingerprint density at radius 2 is 1.52 bits per heavy atom. The maximum absolute atomic E-state index is 11.3. The molecule has 0 aromatic carbocycles. The second-order valence-electron chi connectivity index (χ2n) is 5.39. The molecule has 0 atom stereocenters. The Balaban J connectivity index is 0.000000166. The van der Waals surface area contributed by atoms with Gasteiger partial charge >= 0.3 is 11.9 Å². The monoisotopic (exact) mass is 532 g/mol. The van der Waals surface area contributed by atoms with Gasteiger partial charge in [-0.1, -0.05) is 23.2 Å². The van der Waals surface area contributed by atoms with Crippen molar-refractivity contribution in [1.82, 2.24) is 9.97 Å². The van der Waals surface area contributed by atoms with Crippen molar-refractivity contribution >= 4 is 93.9 Å².